The number of aliphatic hydroxyl groups excluding tert-OH is 1. The number of nitrogens with zero attached hydrogens (tertiary/aromatic N) is 3. The van der Waals surface area contributed by atoms with Crippen molar-refractivity contribution in [3.05, 3.63) is 28.3 Å². The fourth-order valence-corrected chi connectivity index (χ4v) is 4.01. The van der Waals surface area contributed by atoms with Crippen LogP contribution in [0, 0.1) is 6.92 Å². The van der Waals surface area contributed by atoms with Crippen LogP contribution in [0.3, 0.4) is 0 Å². The third-order valence-electron chi connectivity index (χ3n) is 4.40. The second-order valence-corrected chi connectivity index (χ2v) is 7.37. The Balaban J connectivity index is 1.79. The first-order valence-electron chi connectivity index (χ1n) is 8.01. The van der Waals surface area contributed by atoms with Crippen LogP contribution in [0.4, 0.5) is 13.2 Å². The van der Waals surface area contributed by atoms with E-state index in [-0.39, 0.29) is 11.3 Å². The maximum atomic E-state index is 12.8. The lowest BCUT2D eigenvalue weighted by Gasteiger charge is -2.25. The molecule has 0 radical (unpaired) electrons. The Hall–Kier alpha value is -1.42. The molecule has 1 aliphatic heterocycles. The van der Waals surface area contributed by atoms with Crippen molar-refractivity contribution in [1.82, 2.24) is 15.0 Å². The van der Waals surface area contributed by atoms with Crippen LogP contribution in [0.5, 0.6) is 0 Å². The summed E-state index contributed by atoms with van der Waals surface area (Å²) in [5.41, 5.74) is 0.137. The van der Waals surface area contributed by atoms with Crippen LogP contribution in [0.1, 0.15) is 28.8 Å². The molecule has 3 heterocycles. The monoisotopic (exact) mass is 375 g/mol. The number of likely N-dealkylation sites (N-methyl/N-ethyl adjacent to an activating group) is 1. The molecule has 138 valence electrons. The summed E-state index contributed by atoms with van der Waals surface area (Å²) in [6, 6.07) is 3.42. The fraction of sp³-hybridized carbons (Fsp3) is 0.562. The molecule has 9 heteroatoms. The van der Waals surface area contributed by atoms with Gasteiger partial charge in [0.15, 0.2) is 0 Å². The third kappa shape index (κ3) is 3.89. The SMILES string of the molecule is Cc1c(-c2ccc(C(O)N3CCCN(C)CC3)s2)noc1C(F)(F)F. The van der Waals surface area contributed by atoms with E-state index in [2.05, 4.69) is 14.6 Å². The molecule has 1 aliphatic rings. The summed E-state index contributed by atoms with van der Waals surface area (Å²) in [6.07, 6.45) is -4.37. The molecule has 0 aliphatic carbocycles. The van der Waals surface area contributed by atoms with Gasteiger partial charge in [0.2, 0.25) is 5.76 Å². The molecule has 25 heavy (non-hydrogen) atoms. The molecule has 2 aromatic rings. The van der Waals surface area contributed by atoms with Crippen LogP contribution in [0.15, 0.2) is 16.7 Å². The first-order chi connectivity index (χ1) is 11.8. The number of rotatable bonds is 3. The van der Waals surface area contributed by atoms with Gasteiger partial charge in [-0.25, -0.2) is 0 Å². The molecule has 1 atom stereocenters. The van der Waals surface area contributed by atoms with Crippen LogP contribution in [0.2, 0.25) is 0 Å². The molecule has 0 aromatic carbocycles. The smallest absolute Gasteiger partial charge is 0.373 e. The Labute approximate surface area is 147 Å². The van der Waals surface area contributed by atoms with E-state index in [0.29, 0.717) is 9.75 Å². The predicted octanol–water partition coefficient (Wildman–Crippen LogP) is 3.36. The molecule has 0 bridgehead atoms. The minimum Gasteiger partial charge on any atom is -0.373 e. The Bertz CT molecular complexity index is 729. The van der Waals surface area contributed by atoms with Crippen molar-refractivity contribution in [2.75, 3.05) is 33.2 Å². The Morgan fingerprint density at radius 2 is 2.00 bits per heavy atom. The van der Waals surface area contributed by atoms with E-state index in [1.807, 2.05) is 11.9 Å². The summed E-state index contributed by atoms with van der Waals surface area (Å²) in [5.74, 6) is -1.08. The average Bonchev–Trinajstić information content (AvgIpc) is 3.10. The van der Waals surface area contributed by atoms with E-state index >= 15 is 0 Å². The summed E-state index contributed by atoms with van der Waals surface area (Å²) in [7, 11) is 2.05. The summed E-state index contributed by atoms with van der Waals surface area (Å²) >= 11 is 1.24. The van der Waals surface area contributed by atoms with Gasteiger partial charge in [0.1, 0.15) is 11.9 Å². The number of aromatic nitrogens is 1. The van der Waals surface area contributed by atoms with Crippen molar-refractivity contribution in [3.63, 3.8) is 0 Å². The van der Waals surface area contributed by atoms with E-state index in [9.17, 15) is 18.3 Å². The number of hydrogen-bond acceptors (Lipinski definition) is 6. The van der Waals surface area contributed by atoms with Crippen LogP contribution >= 0.6 is 11.3 Å². The van der Waals surface area contributed by atoms with Gasteiger partial charge in [0.05, 0.1) is 4.88 Å². The number of alkyl halides is 3. The van der Waals surface area contributed by atoms with Crippen molar-refractivity contribution in [1.29, 1.82) is 0 Å². The molecule has 1 fully saturated rings. The topological polar surface area (TPSA) is 52.7 Å². The molecular formula is C16H20F3N3O2S. The van der Waals surface area contributed by atoms with E-state index in [4.69, 9.17) is 0 Å². The van der Waals surface area contributed by atoms with Gasteiger partial charge in [-0.2, -0.15) is 13.2 Å². The third-order valence-corrected chi connectivity index (χ3v) is 5.53. The quantitative estimate of drug-likeness (QED) is 0.892. The van der Waals surface area contributed by atoms with E-state index in [0.717, 1.165) is 32.6 Å². The standard InChI is InChI=1S/C16H20F3N3O2S/c1-10-13(20-24-14(10)16(17,18)19)11-4-5-12(25-11)15(23)22-7-3-6-21(2)8-9-22/h4-5,15,23H,3,6-9H2,1-2H3. The average molecular weight is 375 g/mol. The van der Waals surface area contributed by atoms with Gasteiger partial charge >= 0.3 is 6.18 Å². The van der Waals surface area contributed by atoms with Gasteiger partial charge in [-0.05, 0) is 39.1 Å². The first-order valence-corrected chi connectivity index (χ1v) is 8.83. The highest BCUT2D eigenvalue weighted by Gasteiger charge is 2.39. The lowest BCUT2D eigenvalue weighted by molar-refractivity contribution is -0.156. The zero-order valence-electron chi connectivity index (χ0n) is 14.0. The van der Waals surface area contributed by atoms with Crippen LogP contribution in [0.25, 0.3) is 10.6 Å². The summed E-state index contributed by atoms with van der Waals surface area (Å²) in [4.78, 5) is 5.44. The largest absolute Gasteiger partial charge is 0.452 e. The van der Waals surface area contributed by atoms with E-state index in [1.165, 1.54) is 18.3 Å². The second kappa shape index (κ2) is 7.06. The molecule has 1 N–H and O–H groups in total. The lowest BCUT2D eigenvalue weighted by Crippen LogP contribution is -2.32. The van der Waals surface area contributed by atoms with Gasteiger partial charge in [0.25, 0.3) is 0 Å². The van der Waals surface area contributed by atoms with Gasteiger partial charge in [-0.3, -0.25) is 4.90 Å². The van der Waals surface area contributed by atoms with Crippen molar-refractivity contribution >= 4 is 11.3 Å². The van der Waals surface area contributed by atoms with E-state index < -0.39 is 18.2 Å². The van der Waals surface area contributed by atoms with Gasteiger partial charge < -0.3 is 14.5 Å². The molecular weight excluding hydrogens is 355 g/mol. The summed E-state index contributed by atoms with van der Waals surface area (Å²) in [6.45, 7) is 4.71. The van der Waals surface area contributed by atoms with Crippen molar-refractivity contribution < 1.29 is 22.8 Å². The molecule has 0 saturated carbocycles. The minimum absolute atomic E-state index is 0.0354. The minimum atomic E-state index is -4.56. The van der Waals surface area contributed by atoms with Crippen molar-refractivity contribution in [3.8, 4) is 10.6 Å². The highest BCUT2D eigenvalue weighted by atomic mass is 32.1. The van der Waals surface area contributed by atoms with Crippen molar-refractivity contribution in [2.24, 2.45) is 0 Å². The highest BCUT2D eigenvalue weighted by Crippen LogP contribution is 2.39. The molecule has 0 spiro atoms. The summed E-state index contributed by atoms with van der Waals surface area (Å²) in [5, 5.41) is 14.2. The normalized spacial score (nSPS) is 19.1. The molecule has 1 saturated heterocycles. The van der Waals surface area contributed by atoms with Gasteiger partial charge in [-0.15, -0.1) is 11.3 Å². The van der Waals surface area contributed by atoms with Gasteiger partial charge in [0, 0.05) is 30.1 Å². The predicted molar refractivity (Wildman–Crippen MR) is 88.2 cm³/mol. The Morgan fingerprint density at radius 1 is 1.24 bits per heavy atom. The van der Waals surface area contributed by atoms with Gasteiger partial charge in [-0.1, -0.05) is 5.16 Å². The highest BCUT2D eigenvalue weighted by molar-refractivity contribution is 7.15. The summed E-state index contributed by atoms with van der Waals surface area (Å²) < 4.78 is 43.0. The fourth-order valence-electron chi connectivity index (χ4n) is 2.94. The first kappa shape index (κ1) is 18.4. The molecule has 1 unspecified atom stereocenters. The Morgan fingerprint density at radius 3 is 2.68 bits per heavy atom. The van der Waals surface area contributed by atoms with Crippen LogP contribution in [-0.2, 0) is 6.18 Å². The number of thiophene rings is 1. The molecule has 2 aromatic heterocycles. The molecule has 3 rings (SSSR count). The van der Waals surface area contributed by atoms with Crippen LogP contribution in [-0.4, -0.2) is 53.3 Å². The Kier molecular flexibility index (Phi) is 5.19. The maximum absolute atomic E-state index is 12.8. The zero-order chi connectivity index (χ0) is 18.2. The number of hydrogen-bond donors (Lipinski definition) is 1. The maximum Gasteiger partial charge on any atom is 0.452 e. The number of aliphatic hydroxyl groups is 1. The van der Waals surface area contributed by atoms with Crippen molar-refractivity contribution in [2.45, 2.75) is 25.7 Å². The molecule has 5 nitrogen and oxygen atoms in total. The van der Waals surface area contributed by atoms with E-state index in [1.54, 1.807) is 12.1 Å². The molecule has 0 amide bonds. The lowest BCUT2D eigenvalue weighted by atomic mass is 10.2. The zero-order valence-corrected chi connectivity index (χ0v) is 14.8. The second-order valence-electron chi connectivity index (χ2n) is 6.25. The number of halogens is 3. The van der Waals surface area contributed by atoms with Crippen LogP contribution < -0.4 is 0 Å².